The zero-order valence-corrected chi connectivity index (χ0v) is 14.1. The summed E-state index contributed by atoms with van der Waals surface area (Å²) in [6.07, 6.45) is 0.485. The van der Waals surface area contributed by atoms with Gasteiger partial charge in [0.2, 0.25) is 21.7 Å². The topological polar surface area (TPSA) is 85.1 Å². The summed E-state index contributed by atoms with van der Waals surface area (Å²) in [6, 6.07) is 10.6. The number of hydrogen-bond acceptors (Lipinski definition) is 5. The number of aromatic nitrogens is 2. The van der Waals surface area contributed by atoms with Crippen LogP contribution in [0.1, 0.15) is 18.2 Å². The van der Waals surface area contributed by atoms with Gasteiger partial charge in [-0.1, -0.05) is 23.4 Å². The molecule has 1 saturated carbocycles. The Labute approximate surface area is 147 Å². The lowest BCUT2D eigenvalue weighted by atomic mass is 10.2. The molecular formula is C17H13F2N3O3S. The Bertz CT molecular complexity index is 1050. The van der Waals surface area contributed by atoms with Crippen LogP contribution in [0.2, 0.25) is 0 Å². The minimum absolute atomic E-state index is 0.0754. The lowest BCUT2D eigenvalue weighted by molar-refractivity contribution is 0.377. The predicted molar refractivity (Wildman–Crippen MR) is 87.6 cm³/mol. The van der Waals surface area contributed by atoms with Crippen LogP contribution in [0.3, 0.4) is 0 Å². The van der Waals surface area contributed by atoms with E-state index in [1.807, 2.05) is 0 Å². The molecule has 6 nitrogen and oxygen atoms in total. The first-order valence-corrected chi connectivity index (χ1v) is 9.29. The van der Waals surface area contributed by atoms with Crippen LogP contribution in [0.5, 0.6) is 0 Å². The molecule has 0 aliphatic heterocycles. The molecule has 9 heteroatoms. The lowest BCUT2D eigenvalue weighted by Gasteiger charge is -2.05. The maximum absolute atomic E-state index is 13.8. The summed E-state index contributed by atoms with van der Waals surface area (Å²) in [6.45, 7) is 0. The Balaban J connectivity index is 1.50. The van der Waals surface area contributed by atoms with Crippen LogP contribution >= 0.6 is 0 Å². The van der Waals surface area contributed by atoms with Gasteiger partial charge in [-0.2, -0.15) is 4.98 Å². The number of nitrogens with zero attached hydrogens (tertiary/aromatic N) is 2. The predicted octanol–water partition coefficient (Wildman–Crippen LogP) is 2.85. The zero-order valence-electron chi connectivity index (χ0n) is 13.3. The maximum atomic E-state index is 13.8. The monoisotopic (exact) mass is 377 g/mol. The average Bonchev–Trinajstić information content (AvgIpc) is 3.20. The number of rotatable bonds is 5. The van der Waals surface area contributed by atoms with Crippen molar-refractivity contribution in [2.24, 2.45) is 0 Å². The summed E-state index contributed by atoms with van der Waals surface area (Å²) in [7, 11) is -3.65. The first-order chi connectivity index (χ1) is 12.4. The van der Waals surface area contributed by atoms with Crippen LogP contribution in [0.4, 0.5) is 8.78 Å². The van der Waals surface area contributed by atoms with Gasteiger partial charge in [0.1, 0.15) is 11.6 Å². The first kappa shape index (κ1) is 16.8. The van der Waals surface area contributed by atoms with Crippen LogP contribution < -0.4 is 4.72 Å². The lowest BCUT2D eigenvalue weighted by Crippen LogP contribution is -2.26. The molecule has 1 aromatic heterocycles. The minimum atomic E-state index is -3.65. The SMILES string of the molecule is O=S(=O)(N[C@@H]1C[C@H]1c1nc(-c2cc(F)ccc2F)no1)c1ccccc1. The highest BCUT2D eigenvalue weighted by molar-refractivity contribution is 7.89. The van der Waals surface area contributed by atoms with Crippen LogP contribution in [0, 0.1) is 11.6 Å². The van der Waals surface area contributed by atoms with Crippen molar-refractivity contribution in [2.45, 2.75) is 23.3 Å². The molecule has 0 unspecified atom stereocenters. The van der Waals surface area contributed by atoms with E-state index in [0.717, 1.165) is 18.2 Å². The second-order valence-corrected chi connectivity index (χ2v) is 7.68. The molecule has 1 heterocycles. The van der Waals surface area contributed by atoms with Gasteiger partial charge in [-0.25, -0.2) is 21.9 Å². The molecule has 3 aromatic rings. The number of benzene rings is 2. The van der Waals surface area contributed by atoms with Crippen molar-refractivity contribution in [1.29, 1.82) is 0 Å². The average molecular weight is 377 g/mol. The van der Waals surface area contributed by atoms with Gasteiger partial charge >= 0.3 is 0 Å². The van der Waals surface area contributed by atoms with Crippen molar-refractivity contribution in [2.75, 3.05) is 0 Å². The third-order valence-electron chi connectivity index (χ3n) is 4.08. The van der Waals surface area contributed by atoms with E-state index in [1.54, 1.807) is 18.2 Å². The number of sulfonamides is 1. The van der Waals surface area contributed by atoms with E-state index in [9.17, 15) is 17.2 Å². The van der Waals surface area contributed by atoms with E-state index < -0.39 is 21.7 Å². The third kappa shape index (κ3) is 3.23. The quantitative estimate of drug-likeness (QED) is 0.739. The second kappa shape index (κ2) is 6.26. The Kier molecular flexibility index (Phi) is 4.04. The van der Waals surface area contributed by atoms with Crippen LogP contribution in [-0.4, -0.2) is 24.6 Å². The fourth-order valence-corrected chi connectivity index (χ4v) is 3.94. The standard InChI is InChI=1S/C17H13F2N3O3S/c18-10-6-7-14(19)12(8-10)16-20-17(25-21-16)13-9-15(13)22-26(23,24)11-4-2-1-3-5-11/h1-8,13,15,22H,9H2/t13-,15-/m1/s1. The Morgan fingerprint density at radius 2 is 1.88 bits per heavy atom. The molecule has 0 spiro atoms. The molecule has 0 radical (unpaired) electrons. The molecule has 0 bridgehead atoms. The van der Waals surface area contributed by atoms with Gasteiger partial charge in [0.25, 0.3) is 0 Å². The van der Waals surface area contributed by atoms with Gasteiger partial charge in [-0.15, -0.1) is 0 Å². The molecule has 2 aromatic carbocycles. The summed E-state index contributed by atoms with van der Waals surface area (Å²) in [5.41, 5.74) is -0.109. The van der Waals surface area contributed by atoms with Gasteiger partial charge < -0.3 is 4.52 Å². The fraction of sp³-hybridized carbons (Fsp3) is 0.176. The van der Waals surface area contributed by atoms with Crippen molar-refractivity contribution in [3.8, 4) is 11.4 Å². The molecule has 0 saturated heterocycles. The largest absolute Gasteiger partial charge is 0.339 e. The van der Waals surface area contributed by atoms with Gasteiger partial charge in [-0.05, 0) is 36.8 Å². The van der Waals surface area contributed by atoms with Gasteiger partial charge in [0.15, 0.2) is 0 Å². The smallest absolute Gasteiger partial charge is 0.240 e. The maximum Gasteiger partial charge on any atom is 0.240 e. The number of nitrogens with one attached hydrogen (secondary N) is 1. The molecule has 134 valence electrons. The Morgan fingerprint density at radius 3 is 2.65 bits per heavy atom. The van der Waals surface area contributed by atoms with E-state index in [4.69, 9.17) is 4.52 Å². The molecule has 1 aliphatic rings. The second-order valence-electron chi connectivity index (χ2n) is 5.96. The van der Waals surface area contributed by atoms with Crippen LogP contribution in [0.15, 0.2) is 57.9 Å². The molecule has 4 rings (SSSR count). The van der Waals surface area contributed by atoms with E-state index in [1.165, 1.54) is 12.1 Å². The normalized spacial score (nSPS) is 19.5. The van der Waals surface area contributed by atoms with Crippen LogP contribution in [0.25, 0.3) is 11.4 Å². The highest BCUT2D eigenvalue weighted by Gasteiger charge is 2.45. The summed E-state index contributed by atoms with van der Waals surface area (Å²) < 4.78 is 59.4. The van der Waals surface area contributed by atoms with Crippen molar-refractivity contribution in [1.82, 2.24) is 14.9 Å². The molecular weight excluding hydrogens is 364 g/mol. The summed E-state index contributed by atoms with van der Waals surface area (Å²) in [5, 5.41) is 3.67. The highest BCUT2D eigenvalue weighted by atomic mass is 32.2. The Morgan fingerprint density at radius 1 is 1.12 bits per heavy atom. The van der Waals surface area contributed by atoms with E-state index >= 15 is 0 Å². The zero-order chi connectivity index (χ0) is 18.3. The van der Waals surface area contributed by atoms with Gasteiger partial charge in [-0.3, -0.25) is 0 Å². The fourth-order valence-electron chi connectivity index (χ4n) is 2.63. The molecule has 1 N–H and O–H groups in total. The molecule has 2 atom stereocenters. The number of halogens is 2. The summed E-state index contributed by atoms with van der Waals surface area (Å²) in [4.78, 5) is 4.24. The minimum Gasteiger partial charge on any atom is -0.339 e. The van der Waals surface area contributed by atoms with Crippen molar-refractivity contribution >= 4 is 10.0 Å². The van der Waals surface area contributed by atoms with Crippen molar-refractivity contribution < 1.29 is 21.7 Å². The molecule has 0 amide bonds. The molecule has 1 aliphatic carbocycles. The highest BCUT2D eigenvalue weighted by Crippen LogP contribution is 2.41. The van der Waals surface area contributed by atoms with Crippen molar-refractivity contribution in [3.63, 3.8) is 0 Å². The van der Waals surface area contributed by atoms with Gasteiger partial charge in [0.05, 0.1) is 16.4 Å². The first-order valence-electron chi connectivity index (χ1n) is 7.80. The van der Waals surface area contributed by atoms with Crippen molar-refractivity contribution in [3.05, 3.63) is 66.1 Å². The van der Waals surface area contributed by atoms with E-state index in [-0.39, 0.29) is 34.1 Å². The molecule has 26 heavy (non-hydrogen) atoms. The van der Waals surface area contributed by atoms with Gasteiger partial charge in [0, 0.05) is 6.04 Å². The summed E-state index contributed by atoms with van der Waals surface area (Å²) in [5.74, 6) is -1.48. The molecule has 1 fully saturated rings. The van der Waals surface area contributed by atoms with E-state index in [0.29, 0.717) is 6.42 Å². The summed E-state index contributed by atoms with van der Waals surface area (Å²) >= 11 is 0. The number of hydrogen-bond donors (Lipinski definition) is 1. The van der Waals surface area contributed by atoms with E-state index in [2.05, 4.69) is 14.9 Å². The van der Waals surface area contributed by atoms with Crippen LogP contribution in [-0.2, 0) is 10.0 Å². The Hall–Kier alpha value is -2.65. The third-order valence-corrected chi connectivity index (χ3v) is 5.58.